The Bertz CT molecular complexity index is 533. The zero-order valence-electron chi connectivity index (χ0n) is 9.84. The lowest BCUT2D eigenvalue weighted by atomic mass is 9.82. The van der Waals surface area contributed by atoms with E-state index in [0.29, 0.717) is 0 Å². The van der Waals surface area contributed by atoms with Crippen molar-refractivity contribution in [3.05, 3.63) is 40.9 Å². The number of hydrogen-bond acceptors (Lipinski definition) is 1. The molecule has 2 aromatic rings. The second kappa shape index (κ2) is 3.67. The smallest absolute Gasteiger partial charge is 0.0412 e. The molecular formula is C14H16ClN. The van der Waals surface area contributed by atoms with E-state index in [2.05, 4.69) is 20.8 Å². The summed E-state index contributed by atoms with van der Waals surface area (Å²) in [5.41, 5.74) is 8.11. The third-order valence-corrected chi connectivity index (χ3v) is 3.00. The first kappa shape index (κ1) is 11.3. The first-order valence-electron chi connectivity index (χ1n) is 5.38. The highest BCUT2D eigenvalue weighted by atomic mass is 35.5. The number of fused-ring (bicyclic) bond motifs is 1. The van der Waals surface area contributed by atoms with E-state index in [1.165, 1.54) is 10.9 Å². The van der Waals surface area contributed by atoms with Gasteiger partial charge in [-0.25, -0.2) is 0 Å². The van der Waals surface area contributed by atoms with Gasteiger partial charge in [0.1, 0.15) is 0 Å². The Morgan fingerprint density at radius 2 is 1.69 bits per heavy atom. The van der Waals surface area contributed by atoms with Gasteiger partial charge < -0.3 is 5.73 Å². The van der Waals surface area contributed by atoms with Crippen LogP contribution in [0.3, 0.4) is 0 Å². The van der Waals surface area contributed by atoms with Gasteiger partial charge in [0, 0.05) is 10.7 Å². The summed E-state index contributed by atoms with van der Waals surface area (Å²) < 4.78 is 0. The van der Waals surface area contributed by atoms with Crippen LogP contribution in [-0.2, 0) is 5.41 Å². The van der Waals surface area contributed by atoms with Crippen molar-refractivity contribution in [2.45, 2.75) is 26.2 Å². The topological polar surface area (TPSA) is 26.0 Å². The van der Waals surface area contributed by atoms with E-state index in [1.54, 1.807) is 0 Å². The molecule has 2 heteroatoms. The zero-order valence-corrected chi connectivity index (χ0v) is 10.6. The number of nitrogen functional groups attached to an aromatic ring is 1. The molecule has 0 saturated heterocycles. The van der Waals surface area contributed by atoms with Crippen LogP contribution >= 0.6 is 11.6 Å². The van der Waals surface area contributed by atoms with Crippen LogP contribution in [0.4, 0.5) is 5.69 Å². The lowest BCUT2D eigenvalue weighted by molar-refractivity contribution is 0.598. The third kappa shape index (κ3) is 1.88. The molecule has 0 aliphatic heterocycles. The second-order valence-electron chi connectivity index (χ2n) is 5.15. The maximum Gasteiger partial charge on any atom is 0.0412 e. The molecule has 0 atom stereocenters. The average Bonchev–Trinajstić information content (AvgIpc) is 2.14. The van der Waals surface area contributed by atoms with Crippen LogP contribution in [0.25, 0.3) is 10.8 Å². The van der Waals surface area contributed by atoms with Crippen molar-refractivity contribution in [2.75, 3.05) is 5.73 Å². The molecule has 0 bridgehead atoms. The molecule has 0 radical (unpaired) electrons. The minimum absolute atomic E-state index is 0.0221. The molecule has 0 aromatic heterocycles. The number of benzene rings is 2. The Balaban J connectivity index is 2.88. The van der Waals surface area contributed by atoms with Crippen LogP contribution in [0.1, 0.15) is 26.3 Å². The molecule has 2 aromatic carbocycles. The molecule has 0 unspecified atom stereocenters. The highest BCUT2D eigenvalue weighted by molar-refractivity contribution is 6.31. The van der Waals surface area contributed by atoms with Gasteiger partial charge in [-0.1, -0.05) is 44.5 Å². The Morgan fingerprint density at radius 1 is 1.06 bits per heavy atom. The lowest BCUT2D eigenvalue weighted by Gasteiger charge is -2.23. The molecule has 1 nitrogen and oxygen atoms in total. The summed E-state index contributed by atoms with van der Waals surface area (Å²) in [6.07, 6.45) is 0. The normalized spacial score (nSPS) is 12.0. The van der Waals surface area contributed by atoms with Gasteiger partial charge in [0.15, 0.2) is 0 Å². The zero-order chi connectivity index (χ0) is 11.9. The third-order valence-electron chi connectivity index (χ3n) is 2.77. The van der Waals surface area contributed by atoms with Crippen molar-refractivity contribution in [1.82, 2.24) is 0 Å². The van der Waals surface area contributed by atoms with Crippen LogP contribution in [0.15, 0.2) is 30.3 Å². The van der Waals surface area contributed by atoms with Gasteiger partial charge in [0.25, 0.3) is 0 Å². The van der Waals surface area contributed by atoms with E-state index in [9.17, 15) is 0 Å². The van der Waals surface area contributed by atoms with E-state index in [4.69, 9.17) is 17.3 Å². The predicted octanol–water partition coefficient (Wildman–Crippen LogP) is 4.37. The summed E-state index contributed by atoms with van der Waals surface area (Å²) in [6, 6.07) is 9.94. The first-order chi connectivity index (χ1) is 7.39. The van der Waals surface area contributed by atoms with Crippen LogP contribution in [0.2, 0.25) is 5.02 Å². The average molecular weight is 234 g/mol. The molecule has 2 N–H and O–H groups in total. The fourth-order valence-corrected chi connectivity index (χ4v) is 2.32. The Kier molecular flexibility index (Phi) is 2.59. The molecule has 0 fully saturated rings. The minimum Gasteiger partial charge on any atom is -0.398 e. The van der Waals surface area contributed by atoms with E-state index >= 15 is 0 Å². The van der Waals surface area contributed by atoms with Crippen molar-refractivity contribution in [2.24, 2.45) is 0 Å². The van der Waals surface area contributed by atoms with Crippen LogP contribution in [-0.4, -0.2) is 0 Å². The van der Waals surface area contributed by atoms with Gasteiger partial charge >= 0.3 is 0 Å². The second-order valence-corrected chi connectivity index (χ2v) is 5.58. The lowest BCUT2D eigenvalue weighted by Crippen LogP contribution is -2.14. The molecule has 0 aliphatic carbocycles. The Hall–Kier alpha value is -1.21. The largest absolute Gasteiger partial charge is 0.398 e. The number of nitrogens with two attached hydrogens (primary N) is 1. The molecule has 0 saturated carbocycles. The van der Waals surface area contributed by atoms with Gasteiger partial charge in [0.2, 0.25) is 0 Å². The van der Waals surface area contributed by atoms with Crippen LogP contribution < -0.4 is 5.73 Å². The summed E-state index contributed by atoms with van der Waals surface area (Å²) in [6.45, 7) is 6.50. The SMILES string of the molecule is CC(C)(C)c1c(N)ccc2ccc(Cl)cc12. The molecular weight excluding hydrogens is 218 g/mol. The van der Waals surface area contributed by atoms with E-state index in [0.717, 1.165) is 16.1 Å². The fraction of sp³-hybridized carbons (Fsp3) is 0.286. The maximum atomic E-state index is 6.08. The monoisotopic (exact) mass is 233 g/mol. The molecule has 0 heterocycles. The summed E-state index contributed by atoms with van der Waals surface area (Å²) in [4.78, 5) is 0. The van der Waals surface area contributed by atoms with E-state index < -0.39 is 0 Å². The van der Waals surface area contributed by atoms with Gasteiger partial charge in [-0.15, -0.1) is 0 Å². The van der Waals surface area contributed by atoms with Crippen LogP contribution in [0, 0.1) is 0 Å². The molecule has 0 amide bonds. The highest BCUT2D eigenvalue weighted by Gasteiger charge is 2.19. The molecule has 2 rings (SSSR count). The molecule has 0 spiro atoms. The van der Waals surface area contributed by atoms with Crippen LogP contribution in [0.5, 0.6) is 0 Å². The van der Waals surface area contributed by atoms with Gasteiger partial charge in [-0.05, 0) is 39.9 Å². The summed E-state index contributed by atoms with van der Waals surface area (Å²) in [5, 5.41) is 3.09. The highest BCUT2D eigenvalue weighted by Crippen LogP contribution is 2.35. The first-order valence-corrected chi connectivity index (χ1v) is 5.75. The maximum absolute atomic E-state index is 6.08. The molecule has 16 heavy (non-hydrogen) atoms. The molecule has 84 valence electrons. The Labute approximate surface area is 101 Å². The van der Waals surface area contributed by atoms with E-state index in [-0.39, 0.29) is 5.41 Å². The number of anilines is 1. The van der Waals surface area contributed by atoms with E-state index in [1.807, 2.05) is 30.3 Å². The minimum atomic E-state index is 0.0221. The van der Waals surface area contributed by atoms with Gasteiger partial charge in [-0.3, -0.25) is 0 Å². The summed E-state index contributed by atoms with van der Waals surface area (Å²) in [7, 11) is 0. The fourth-order valence-electron chi connectivity index (χ4n) is 2.15. The summed E-state index contributed by atoms with van der Waals surface area (Å²) in [5.74, 6) is 0. The quantitative estimate of drug-likeness (QED) is 0.672. The number of hydrogen-bond donors (Lipinski definition) is 1. The molecule has 0 aliphatic rings. The van der Waals surface area contributed by atoms with Gasteiger partial charge in [-0.2, -0.15) is 0 Å². The van der Waals surface area contributed by atoms with Crippen molar-refractivity contribution < 1.29 is 0 Å². The number of rotatable bonds is 0. The number of halogens is 1. The van der Waals surface area contributed by atoms with Gasteiger partial charge in [0.05, 0.1) is 0 Å². The van der Waals surface area contributed by atoms with Crippen molar-refractivity contribution >= 4 is 28.1 Å². The summed E-state index contributed by atoms with van der Waals surface area (Å²) >= 11 is 6.05. The standard InChI is InChI=1S/C14H16ClN/c1-14(2,3)13-11-8-10(15)6-4-9(11)5-7-12(13)16/h4-8H,16H2,1-3H3. The van der Waals surface area contributed by atoms with Crippen molar-refractivity contribution in [3.63, 3.8) is 0 Å². The Morgan fingerprint density at radius 3 is 2.31 bits per heavy atom. The van der Waals surface area contributed by atoms with Crippen molar-refractivity contribution in [1.29, 1.82) is 0 Å². The van der Waals surface area contributed by atoms with Crippen molar-refractivity contribution in [3.8, 4) is 0 Å². The predicted molar refractivity (Wildman–Crippen MR) is 72.1 cm³/mol.